The van der Waals surface area contributed by atoms with Gasteiger partial charge in [0.15, 0.2) is 0 Å². The van der Waals surface area contributed by atoms with Gasteiger partial charge in [-0.3, -0.25) is 4.90 Å². The van der Waals surface area contributed by atoms with Gasteiger partial charge in [-0.15, -0.1) is 0 Å². The van der Waals surface area contributed by atoms with Crippen LogP contribution in [0, 0.1) is 0 Å². The van der Waals surface area contributed by atoms with Crippen LogP contribution in [0.4, 0.5) is 4.79 Å². The van der Waals surface area contributed by atoms with Gasteiger partial charge in [-0.05, 0) is 70.7 Å². The van der Waals surface area contributed by atoms with E-state index >= 15 is 0 Å². The van der Waals surface area contributed by atoms with Crippen molar-refractivity contribution in [2.24, 2.45) is 0 Å². The third-order valence-electron chi connectivity index (χ3n) is 6.42. The molecule has 0 N–H and O–H groups in total. The maximum Gasteiger partial charge on any atom is 0.410 e. The van der Waals surface area contributed by atoms with Crippen LogP contribution in [0.2, 0.25) is 0 Å². The predicted octanol–water partition coefficient (Wildman–Crippen LogP) is 3.65. The van der Waals surface area contributed by atoms with Crippen LogP contribution < -0.4 is 4.74 Å². The summed E-state index contributed by atoms with van der Waals surface area (Å²) in [6.07, 6.45) is 3.07. The Kier molecular flexibility index (Phi) is 5.51. The summed E-state index contributed by atoms with van der Waals surface area (Å²) in [7, 11) is 1.75. The summed E-state index contributed by atoms with van der Waals surface area (Å²) in [5.41, 5.74) is 0.715. The van der Waals surface area contributed by atoms with Gasteiger partial charge in [0.25, 0.3) is 0 Å². The molecule has 6 nitrogen and oxygen atoms in total. The molecular weight excluding hydrogens is 368 g/mol. The molecule has 3 saturated heterocycles. The summed E-state index contributed by atoms with van der Waals surface area (Å²) in [5, 5.41) is 0. The van der Waals surface area contributed by atoms with Crippen LogP contribution >= 0.6 is 0 Å². The Balaban J connectivity index is 1.27. The fraction of sp³-hybridized carbons (Fsp3) is 0.696. The SMILES string of the molecule is COc1ccccc1C1CCN([C@@H]2COC3(C2)CN(C(=O)OC(C)(C)C)C3)CC1. The van der Waals surface area contributed by atoms with E-state index in [4.69, 9.17) is 14.2 Å². The van der Waals surface area contributed by atoms with Gasteiger partial charge in [-0.1, -0.05) is 18.2 Å². The number of para-hydroxylation sites is 1. The van der Waals surface area contributed by atoms with Crippen LogP contribution in [0.1, 0.15) is 51.5 Å². The van der Waals surface area contributed by atoms with Gasteiger partial charge >= 0.3 is 6.09 Å². The number of hydrogen-bond acceptors (Lipinski definition) is 5. The minimum absolute atomic E-state index is 0.166. The molecule has 4 rings (SSSR count). The third-order valence-corrected chi connectivity index (χ3v) is 6.42. The first kappa shape index (κ1) is 20.5. The zero-order chi connectivity index (χ0) is 20.6. The van der Waals surface area contributed by atoms with Gasteiger partial charge < -0.3 is 19.1 Å². The van der Waals surface area contributed by atoms with E-state index in [2.05, 4.69) is 23.1 Å². The second-order valence-corrected chi connectivity index (χ2v) is 9.74. The summed E-state index contributed by atoms with van der Waals surface area (Å²) in [5.74, 6) is 1.57. The van der Waals surface area contributed by atoms with Crippen molar-refractivity contribution in [1.29, 1.82) is 0 Å². The molecule has 0 saturated carbocycles. The summed E-state index contributed by atoms with van der Waals surface area (Å²) in [6.45, 7) is 9.94. The Hall–Kier alpha value is -1.79. The molecule has 0 unspecified atom stereocenters. The molecule has 1 aromatic rings. The molecule has 0 bridgehead atoms. The number of ether oxygens (including phenoxy) is 3. The minimum Gasteiger partial charge on any atom is -0.496 e. The highest BCUT2D eigenvalue weighted by Crippen LogP contribution is 2.40. The normalized spacial score (nSPS) is 25.1. The van der Waals surface area contributed by atoms with Crippen molar-refractivity contribution < 1.29 is 19.0 Å². The topological polar surface area (TPSA) is 51.2 Å². The number of carbonyl (C=O) groups is 1. The van der Waals surface area contributed by atoms with Gasteiger partial charge in [-0.25, -0.2) is 4.79 Å². The third kappa shape index (κ3) is 4.38. The lowest BCUT2D eigenvalue weighted by atomic mass is 9.86. The Labute approximate surface area is 174 Å². The van der Waals surface area contributed by atoms with E-state index in [1.54, 1.807) is 12.0 Å². The van der Waals surface area contributed by atoms with Crippen molar-refractivity contribution in [3.63, 3.8) is 0 Å². The molecule has 3 aliphatic heterocycles. The van der Waals surface area contributed by atoms with Crippen LogP contribution in [0.5, 0.6) is 5.75 Å². The Morgan fingerprint density at radius 2 is 1.86 bits per heavy atom. The van der Waals surface area contributed by atoms with E-state index in [0.29, 0.717) is 25.0 Å². The van der Waals surface area contributed by atoms with Crippen molar-refractivity contribution in [3.05, 3.63) is 29.8 Å². The highest BCUT2D eigenvalue weighted by molar-refractivity contribution is 5.69. The molecule has 1 amide bonds. The Morgan fingerprint density at radius 3 is 2.52 bits per heavy atom. The molecule has 1 aromatic carbocycles. The van der Waals surface area contributed by atoms with Gasteiger partial charge in [0.1, 0.15) is 17.0 Å². The fourth-order valence-electron chi connectivity index (χ4n) is 4.96. The minimum atomic E-state index is -0.454. The van der Waals surface area contributed by atoms with E-state index < -0.39 is 5.60 Å². The molecule has 1 atom stereocenters. The zero-order valence-corrected chi connectivity index (χ0v) is 18.1. The maximum absolute atomic E-state index is 12.2. The number of nitrogens with zero attached hydrogens (tertiary/aromatic N) is 2. The molecule has 6 heteroatoms. The van der Waals surface area contributed by atoms with Crippen molar-refractivity contribution in [1.82, 2.24) is 9.80 Å². The quantitative estimate of drug-likeness (QED) is 0.772. The molecule has 3 heterocycles. The molecule has 29 heavy (non-hydrogen) atoms. The first-order valence-corrected chi connectivity index (χ1v) is 10.8. The number of hydrogen-bond donors (Lipinski definition) is 0. The number of methoxy groups -OCH3 is 1. The van der Waals surface area contributed by atoms with Gasteiger partial charge in [0, 0.05) is 6.04 Å². The second-order valence-electron chi connectivity index (χ2n) is 9.74. The molecule has 0 aliphatic carbocycles. The molecular formula is C23H34N2O4. The molecule has 0 radical (unpaired) electrons. The molecule has 3 aliphatic rings. The average Bonchev–Trinajstić information content (AvgIpc) is 3.11. The number of carbonyl (C=O) groups excluding carboxylic acids is 1. The number of benzene rings is 1. The van der Waals surface area contributed by atoms with Gasteiger partial charge in [0.05, 0.1) is 26.8 Å². The lowest BCUT2D eigenvalue weighted by molar-refractivity contribution is -0.109. The van der Waals surface area contributed by atoms with Crippen molar-refractivity contribution in [3.8, 4) is 5.75 Å². The van der Waals surface area contributed by atoms with Gasteiger partial charge in [0.2, 0.25) is 0 Å². The molecule has 160 valence electrons. The van der Waals surface area contributed by atoms with Crippen LogP contribution in [0.3, 0.4) is 0 Å². The average molecular weight is 403 g/mol. The predicted molar refractivity (Wildman–Crippen MR) is 111 cm³/mol. The largest absolute Gasteiger partial charge is 0.496 e. The molecule has 1 spiro atoms. The van der Waals surface area contributed by atoms with E-state index in [1.165, 1.54) is 5.56 Å². The van der Waals surface area contributed by atoms with Crippen molar-refractivity contribution in [2.45, 2.75) is 63.2 Å². The fourth-order valence-corrected chi connectivity index (χ4v) is 4.96. The standard InChI is InChI=1S/C23H34N2O4/c1-22(2,3)29-21(26)25-15-23(16-25)13-18(14-28-23)24-11-9-17(10-12-24)19-7-5-6-8-20(19)27-4/h5-8,17-18H,9-16H2,1-4H3/t18-/m0/s1. The van der Waals surface area contributed by atoms with Crippen LogP contribution in [-0.4, -0.2) is 73.0 Å². The van der Waals surface area contributed by atoms with Crippen LogP contribution in [0.25, 0.3) is 0 Å². The molecule has 3 fully saturated rings. The van der Waals surface area contributed by atoms with E-state index in [9.17, 15) is 4.79 Å². The zero-order valence-electron chi connectivity index (χ0n) is 18.1. The van der Waals surface area contributed by atoms with E-state index in [-0.39, 0.29) is 11.7 Å². The number of rotatable bonds is 3. The lowest BCUT2D eigenvalue weighted by Gasteiger charge is -2.47. The maximum atomic E-state index is 12.2. The van der Waals surface area contributed by atoms with Gasteiger partial charge in [-0.2, -0.15) is 0 Å². The highest BCUT2D eigenvalue weighted by atomic mass is 16.6. The lowest BCUT2D eigenvalue weighted by Crippen LogP contribution is -2.64. The summed E-state index contributed by atoms with van der Waals surface area (Å²) < 4.78 is 17.2. The Morgan fingerprint density at radius 1 is 1.17 bits per heavy atom. The second kappa shape index (κ2) is 7.80. The first-order chi connectivity index (χ1) is 13.8. The summed E-state index contributed by atoms with van der Waals surface area (Å²) in [4.78, 5) is 16.6. The smallest absolute Gasteiger partial charge is 0.410 e. The van der Waals surface area contributed by atoms with E-state index in [0.717, 1.165) is 44.7 Å². The summed E-state index contributed by atoms with van der Waals surface area (Å²) >= 11 is 0. The molecule has 0 aromatic heterocycles. The highest BCUT2D eigenvalue weighted by Gasteiger charge is 2.53. The van der Waals surface area contributed by atoms with Crippen LogP contribution in [-0.2, 0) is 9.47 Å². The van der Waals surface area contributed by atoms with E-state index in [1.807, 2.05) is 26.8 Å². The summed E-state index contributed by atoms with van der Waals surface area (Å²) in [6, 6.07) is 8.85. The van der Waals surface area contributed by atoms with Crippen molar-refractivity contribution >= 4 is 6.09 Å². The van der Waals surface area contributed by atoms with Crippen LogP contribution in [0.15, 0.2) is 24.3 Å². The first-order valence-electron chi connectivity index (χ1n) is 10.8. The Bertz CT molecular complexity index is 731. The number of piperidine rings is 1. The monoisotopic (exact) mass is 402 g/mol. The van der Waals surface area contributed by atoms with Crippen molar-refractivity contribution in [2.75, 3.05) is 39.9 Å². The number of amides is 1. The number of likely N-dealkylation sites (tertiary alicyclic amines) is 2.